The molecule has 0 spiro atoms. The Morgan fingerprint density at radius 2 is 2.12 bits per heavy atom. The number of ether oxygens (including phenoxy) is 1. The van der Waals surface area contributed by atoms with Crippen LogP contribution in [0.5, 0.6) is 0 Å². The zero-order valence-electron chi connectivity index (χ0n) is 12.0. The lowest BCUT2D eigenvalue weighted by atomic mass is 9.98. The zero-order chi connectivity index (χ0) is 12.7. The lowest BCUT2D eigenvalue weighted by Gasteiger charge is -2.37. The molecule has 1 saturated heterocycles. The second kappa shape index (κ2) is 8.06. The maximum absolute atomic E-state index is 5.97. The summed E-state index contributed by atoms with van der Waals surface area (Å²) in [4.78, 5) is 2.50. The van der Waals surface area contributed by atoms with Gasteiger partial charge in [-0.05, 0) is 31.8 Å². The molecular formula is C14H30N2O. The molecule has 0 saturated carbocycles. The van der Waals surface area contributed by atoms with Gasteiger partial charge in [0.15, 0.2) is 0 Å². The Morgan fingerprint density at radius 1 is 1.35 bits per heavy atom. The van der Waals surface area contributed by atoms with Gasteiger partial charge in [-0.25, -0.2) is 0 Å². The van der Waals surface area contributed by atoms with Gasteiger partial charge in [-0.3, -0.25) is 4.90 Å². The van der Waals surface area contributed by atoms with Crippen molar-refractivity contribution in [2.24, 2.45) is 5.92 Å². The van der Waals surface area contributed by atoms with Crippen LogP contribution >= 0.6 is 0 Å². The van der Waals surface area contributed by atoms with Crippen LogP contribution in [-0.4, -0.2) is 49.8 Å². The van der Waals surface area contributed by atoms with E-state index in [0.29, 0.717) is 12.1 Å². The summed E-state index contributed by atoms with van der Waals surface area (Å²) in [5, 5.41) is 3.66. The molecular weight excluding hydrogens is 212 g/mol. The van der Waals surface area contributed by atoms with E-state index in [1.165, 1.54) is 12.8 Å². The molecule has 1 aliphatic heterocycles. The highest BCUT2D eigenvalue weighted by atomic mass is 16.5. The summed E-state index contributed by atoms with van der Waals surface area (Å²) in [6, 6.07) is 0.518. The molecule has 0 aliphatic carbocycles. The molecule has 2 atom stereocenters. The Kier molecular flexibility index (Phi) is 7.09. The third-order valence-corrected chi connectivity index (χ3v) is 3.46. The normalized spacial score (nSPS) is 24.2. The number of hydrogen-bond donors (Lipinski definition) is 1. The van der Waals surface area contributed by atoms with Gasteiger partial charge in [0.25, 0.3) is 0 Å². The molecule has 1 heterocycles. The molecule has 1 aliphatic rings. The van der Waals surface area contributed by atoms with Crippen LogP contribution in [0.4, 0.5) is 0 Å². The average Bonchev–Trinajstić information content (AvgIpc) is 2.34. The van der Waals surface area contributed by atoms with Crippen LogP contribution in [0.2, 0.25) is 0 Å². The molecule has 3 nitrogen and oxygen atoms in total. The van der Waals surface area contributed by atoms with E-state index in [-0.39, 0.29) is 0 Å². The van der Waals surface area contributed by atoms with E-state index in [1.54, 1.807) is 0 Å². The van der Waals surface area contributed by atoms with Crippen molar-refractivity contribution in [1.29, 1.82) is 0 Å². The summed E-state index contributed by atoms with van der Waals surface area (Å²) in [5.41, 5.74) is 0. The van der Waals surface area contributed by atoms with Crippen molar-refractivity contribution in [1.82, 2.24) is 10.2 Å². The first-order valence-electron chi connectivity index (χ1n) is 7.24. The zero-order valence-corrected chi connectivity index (χ0v) is 12.0. The molecule has 1 fully saturated rings. The maximum Gasteiger partial charge on any atom is 0.0855 e. The third kappa shape index (κ3) is 5.36. The second-order valence-electron chi connectivity index (χ2n) is 5.49. The maximum atomic E-state index is 5.97. The molecule has 1 N–H and O–H groups in total. The van der Waals surface area contributed by atoms with Crippen molar-refractivity contribution in [2.75, 3.05) is 32.8 Å². The van der Waals surface area contributed by atoms with E-state index in [9.17, 15) is 0 Å². The van der Waals surface area contributed by atoms with Crippen molar-refractivity contribution in [2.45, 2.75) is 52.7 Å². The standard InChI is InChI=1S/C14H30N2O/c1-5-7-15-13(10-12(3)4)14-11-16(6-2)8-9-17-14/h12-15H,5-11H2,1-4H3. The lowest BCUT2D eigenvalue weighted by molar-refractivity contribution is -0.0479. The van der Waals surface area contributed by atoms with Gasteiger partial charge in [-0.15, -0.1) is 0 Å². The summed E-state index contributed by atoms with van der Waals surface area (Å²) in [7, 11) is 0. The SMILES string of the molecule is CCCNC(CC(C)C)C1CN(CC)CCO1. The van der Waals surface area contributed by atoms with Gasteiger partial charge in [0.05, 0.1) is 12.7 Å². The minimum Gasteiger partial charge on any atom is -0.374 e. The fourth-order valence-electron chi connectivity index (χ4n) is 2.47. The van der Waals surface area contributed by atoms with Crippen molar-refractivity contribution < 1.29 is 4.74 Å². The van der Waals surface area contributed by atoms with E-state index in [4.69, 9.17) is 4.74 Å². The molecule has 0 aromatic rings. The molecule has 0 amide bonds. The van der Waals surface area contributed by atoms with Crippen LogP contribution in [0.15, 0.2) is 0 Å². The van der Waals surface area contributed by atoms with E-state index in [0.717, 1.165) is 38.7 Å². The Hall–Kier alpha value is -0.120. The Bertz CT molecular complexity index is 197. The van der Waals surface area contributed by atoms with Crippen LogP contribution < -0.4 is 5.32 Å². The van der Waals surface area contributed by atoms with E-state index >= 15 is 0 Å². The number of nitrogens with zero attached hydrogens (tertiary/aromatic N) is 1. The minimum atomic E-state index is 0.373. The van der Waals surface area contributed by atoms with Gasteiger partial charge in [0.1, 0.15) is 0 Å². The number of rotatable bonds is 7. The molecule has 17 heavy (non-hydrogen) atoms. The van der Waals surface area contributed by atoms with E-state index in [2.05, 4.69) is 37.9 Å². The molecule has 3 heteroatoms. The van der Waals surface area contributed by atoms with Crippen LogP contribution in [0, 0.1) is 5.92 Å². The van der Waals surface area contributed by atoms with Crippen molar-refractivity contribution in [3.8, 4) is 0 Å². The van der Waals surface area contributed by atoms with Crippen LogP contribution in [0.25, 0.3) is 0 Å². The van der Waals surface area contributed by atoms with Gasteiger partial charge in [0.2, 0.25) is 0 Å². The predicted molar refractivity (Wildman–Crippen MR) is 73.4 cm³/mol. The smallest absolute Gasteiger partial charge is 0.0855 e. The van der Waals surface area contributed by atoms with E-state index in [1.807, 2.05) is 0 Å². The van der Waals surface area contributed by atoms with Gasteiger partial charge in [-0.2, -0.15) is 0 Å². The largest absolute Gasteiger partial charge is 0.374 e. The number of morpholine rings is 1. The summed E-state index contributed by atoms with van der Waals surface area (Å²) < 4.78 is 5.97. The van der Waals surface area contributed by atoms with Crippen molar-refractivity contribution in [3.63, 3.8) is 0 Å². The lowest BCUT2D eigenvalue weighted by Crippen LogP contribution is -2.52. The highest BCUT2D eigenvalue weighted by Crippen LogP contribution is 2.15. The number of nitrogens with one attached hydrogen (secondary N) is 1. The molecule has 1 rings (SSSR count). The fraction of sp³-hybridized carbons (Fsp3) is 1.00. The Balaban J connectivity index is 2.48. The predicted octanol–water partition coefficient (Wildman–Crippen LogP) is 2.12. The monoisotopic (exact) mass is 242 g/mol. The van der Waals surface area contributed by atoms with Gasteiger partial charge in [-0.1, -0.05) is 27.7 Å². The molecule has 102 valence electrons. The molecule has 0 aromatic heterocycles. The summed E-state index contributed by atoms with van der Waals surface area (Å²) in [5.74, 6) is 0.727. The van der Waals surface area contributed by atoms with Gasteiger partial charge >= 0.3 is 0 Å². The van der Waals surface area contributed by atoms with Crippen LogP contribution in [0.3, 0.4) is 0 Å². The van der Waals surface area contributed by atoms with Crippen molar-refractivity contribution >= 4 is 0 Å². The van der Waals surface area contributed by atoms with Crippen LogP contribution in [0.1, 0.15) is 40.5 Å². The fourth-order valence-corrected chi connectivity index (χ4v) is 2.47. The Labute approximate surface area is 107 Å². The Morgan fingerprint density at radius 3 is 2.71 bits per heavy atom. The highest BCUT2D eigenvalue weighted by Gasteiger charge is 2.27. The molecule has 0 bridgehead atoms. The third-order valence-electron chi connectivity index (χ3n) is 3.46. The van der Waals surface area contributed by atoms with Gasteiger partial charge in [0, 0.05) is 19.1 Å². The highest BCUT2D eigenvalue weighted by molar-refractivity contribution is 4.83. The topological polar surface area (TPSA) is 24.5 Å². The molecule has 2 unspecified atom stereocenters. The van der Waals surface area contributed by atoms with Gasteiger partial charge < -0.3 is 10.1 Å². The average molecular weight is 242 g/mol. The first-order chi connectivity index (χ1) is 8.17. The summed E-state index contributed by atoms with van der Waals surface area (Å²) in [6.07, 6.45) is 2.78. The number of hydrogen-bond acceptors (Lipinski definition) is 3. The first kappa shape index (κ1) is 14.9. The molecule has 0 aromatic carbocycles. The second-order valence-corrected chi connectivity index (χ2v) is 5.49. The summed E-state index contributed by atoms with van der Waals surface area (Å²) in [6.45, 7) is 14.4. The first-order valence-corrected chi connectivity index (χ1v) is 7.24. The quantitative estimate of drug-likeness (QED) is 0.740. The number of likely N-dealkylation sites (N-methyl/N-ethyl adjacent to an activating group) is 1. The van der Waals surface area contributed by atoms with Crippen molar-refractivity contribution in [3.05, 3.63) is 0 Å². The minimum absolute atomic E-state index is 0.373. The van der Waals surface area contributed by atoms with E-state index < -0.39 is 0 Å². The van der Waals surface area contributed by atoms with Crippen LogP contribution in [-0.2, 0) is 4.74 Å². The molecule has 0 radical (unpaired) electrons. The summed E-state index contributed by atoms with van der Waals surface area (Å²) >= 11 is 0.